The van der Waals surface area contributed by atoms with Gasteiger partial charge in [-0.1, -0.05) is 30.3 Å². The van der Waals surface area contributed by atoms with E-state index in [1.807, 2.05) is 6.07 Å². The molecule has 13 heavy (non-hydrogen) atoms. The van der Waals surface area contributed by atoms with Crippen molar-refractivity contribution < 1.29 is 16.9 Å². The Balaban J connectivity index is 0.00000144. The summed E-state index contributed by atoms with van der Waals surface area (Å²) in [5.41, 5.74) is 1.26. The van der Waals surface area contributed by atoms with Crippen LogP contribution in [0.2, 0.25) is 0 Å². The Bertz CT molecular complexity index is 259. The third-order valence-electron chi connectivity index (χ3n) is 1.51. The largest absolute Gasteiger partial charge is 1.00 e. The average Bonchev–Trinajstić information content (AvgIpc) is 2.02. The van der Waals surface area contributed by atoms with Crippen LogP contribution in [0.5, 0.6) is 0 Å². The summed E-state index contributed by atoms with van der Waals surface area (Å²) in [6.45, 7) is 0. The van der Waals surface area contributed by atoms with Crippen molar-refractivity contribution in [2.75, 3.05) is 21.1 Å². The lowest BCUT2D eigenvalue weighted by Crippen LogP contribution is -3.00. The lowest BCUT2D eigenvalue weighted by Gasteiger charge is -2.17. The van der Waals surface area contributed by atoms with Crippen molar-refractivity contribution >= 4 is 6.08 Å². The molecule has 0 aliphatic carbocycles. The van der Waals surface area contributed by atoms with Crippen LogP contribution in [0.1, 0.15) is 5.56 Å². The SMILES string of the molecule is C[N+](C)(C)/C=C/c1ccccc1.[Cl-]. The van der Waals surface area contributed by atoms with Gasteiger partial charge in [-0.2, -0.15) is 0 Å². The Morgan fingerprint density at radius 3 is 2.00 bits per heavy atom. The first-order chi connectivity index (χ1) is 5.58. The first kappa shape index (κ1) is 12.2. The maximum atomic E-state index is 2.16. The quantitative estimate of drug-likeness (QED) is 0.554. The highest BCUT2D eigenvalue weighted by Crippen LogP contribution is 2.03. The smallest absolute Gasteiger partial charge is 0.0958 e. The number of hydrogen-bond acceptors (Lipinski definition) is 0. The summed E-state index contributed by atoms with van der Waals surface area (Å²) in [5.74, 6) is 0. The molecule has 1 aromatic carbocycles. The molecule has 0 amide bonds. The maximum absolute atomic E-state index is 2.16. The molecule has 1 aromatic rings. The van der Waals surface area contributed by atoms with E-state index in [4.69, 9.17) is 0 Å². The van der Waals surface area contributed by atoms with E-state index in [0.717, 1.165) is 4.48 Å². The van der Waals surface area contributed by atoms with Gasteiger partial charge in [0.05, 0.1) is 27.3 Å². The van der Waals surface area contributed by atoms with Crippen molar-refractivity contribution in [3.63, 3.8) is 0 Å². The van der Waals surface area contributed by atoms with E-state index in [0.29, 0.717) is 0 Å². The fraction of sp³-hybridized carbons (Fsp3) is 0.273. The molecule has 0 N–H and O–H groups in total. The Labute approximate surface area is 86.7 Å². The minimum atomic E-state index is 0. The molecular weight excluding hydrogens is 182 g/mol. The van der Waals surface area contributed by atoms with Crippen LogP contribution < -0.4 is 12.4 Å². The molecular formula is C11H16ClN. The van der Waals surface area contributed by atoms with E-state index in [9.17, 15) is 0 Å². The summed E-state index contributed by atoms with van der Waals surface area (Å²) in [6.07, 6.45) is 4.30. The van der Waals surface area contributed by atoms with Crippen LogP contribution in [-0.2, 0) is 0 Å². The first-order valence-corrected chi connectivity index (χ1v) is 4.13. The van der Waals surface area contributed by atoms with Gasteiger partial charge in [0.1, 0.15) is 0 Å². The van der Waals surface area contributed by atoms with E-state index < -0.39 is 0 Å². The molecule has 0 radical (unpaired) electrons. The van der Waals surface area contributed by atoms with Crippen molar-refractivity contribution in [2.45, 2.75) is 0 Å². The Kier molecular flexibility index (Phi) is 4.74. The third-order valence-corrected chi connectivity index (χ3v) is 1.51. The highest BCUT2D eigenvalue weighted by atomic mass is 35.5. The molecule has 0 saturated carbocycles. The Morgan fingerprint density at radius 2 is 1.54 bits per heavy atom. The Hall–Kier alpha value is -0.790. The van der Waals surface area contributed by atoms with Crippen molar-refractivity contribution in [1.82, 2.24) is 0 Å². The fourth-order valence-electron chi connectivity index (χ4n) is 0.874. The van der Waals surface area contributed by atoms with Crippen molar-refractivity contribution in [2.24, 2.45) is 0 Å². The molecule has 0 atom stereocenters. The second kappa shape index (κ2) is 5.05. The van der Waals surface area contributed by atoms with Crippen molar-refractivity contribution in [3.05, 3.63) is 42.1 Å². The van der Waals surface area contributed by atoms with E-state index in [-0.39, 0.29) is 12.4 Å². The van der Waals surface area contributed by atoms with E-state index >= 15 is 0 Å². The summed E-state index contributed by atoms with van der Waals surface area (Å²) < 4.78 is 0.856. The molecule has 0 fully saturated rings. The topological polar surface area (TPSA) is 0 Å². The molecule has 72 valence electrons. The van der Waals surface area contributed by atoms with Gasteiger partial charge >= 0.3 is 0 Å². The highest BCUT2D eigenvalue weighted by Gasteiger charge is 1.98. The number of rotatable bonds is 2. The monoisotopic (exact) mass is 197 g/mol. The lowest BCUT2D eigenvalue weighted by atomic mass is 10.2. The summed E-state index contributed by atoms with van der Waals surface area (Å²) in [7, 11) is 6.41. The molecule has 0 bridgehead atoms. The van der Waals surface area contributed by atoms with Gasteiger partial charge in [-0.3, -0.25) is 0 Å². The van der Waals surface area contributed by atoms with Gasteiger partial charge in [0.15, 0.2) is 0 Å². The number of nitrogens with zero attached hydrogens (tertiary/aromatic N) is 1. The molecule has 0 saturated heterocycles. The predicted octanol–water partition coefficient (Wildman–Crippen LogP) is -0.632. The predicted molar refractivity (Wildman–Crippen MR) is 53.5 cm³/mol. The molecule has 0 heterocycles. The van der Waals surface area contributed by atoms with E-state index in [1.165, 1.54) is 5.56 Å². The van der Waals surface area contributed by atoms with Crippen molar-refractivity contribution in [3.8, 4) is 0 Å². The van der Waals surface area contributed by atoms with Crippen LogP contribution >= 0.6 is 0 Å². The summed E-state index contributed by atoms with van der Waals surface area (Å²) in [4.78, 5) is 0. The molecule has 1 nitrogen and oxygen atoms in total. The summed E-state index contributed by atoms with van der Waals surface area (Å²) in [6, 6.07) is 10.3. The zero-order chi connectivity index (χ0) is 9.03. The van der Waals surface area contributed by atoms with E-state index in [1.54, 1.807) is 0 Å². The van der Waals surface area contributed by atoms with Gasteiger partial charge < -0.3 is 16.9 Å². The normalized spacial score (nSPS) is 11.3. The van der Waals surface area contributed by atoms with Gasteiger partial charge in [-0.05, 0) is 11.6 Å². The molecule has 0 aliphatic rings. The minimum Gasteiger partial charge on any atom is -1.00 e. The van der Waals surface area contributed by atoms with Gasteiger partial charge in [-0.25, -0.2) is 0 Å². The van der Waals surface area contributed by atoms with E-state index in [2.05, 4.69) is 57.7 Å². The molecule has 0 aromatic heterocycles. The zero-order valence-corrected chi connectivity index (χ0v) is 9.12. The number of quaternary nitrogens is 1. The molecule has 0 unspecified atom stereocenters. The molecule has 2 heteroatoms. The zero-order valence-electron chi connectivity index (χ0n) is 8.37. The van der Waals surface area contributed by atoms with Gasteiger partial charge in [0.25, 0.3) is 0 Å². The lowest BCUT2D eigenvalue weighted by molar-refractivity contribution is -0.816. The second-order valence-electron chi connectivity index (χ2n) is 3.84. The second-order valence-corrected chi connectivity index (χ2v) is 3.84. The molecule has 1 rings (SSSR count). The standard InChI is InChI=1S/C11H16N.ClH/c1-12(2,3)10-9-11-7-5-4-6-8-11;/h4-10H,1-3H3;1H/q+1;/p-1/b10-9+;. The fourth-order valence-corrected chi connectivity index (χ4v) is 0.874. The van der Waals surface area contributed by atoms with Crippen molar-refractivity contribution in [1.29, 1.82) is 0 Å². The summed E-state index contributed by atoms with van der Waals surface area (Å²) in [5, 5.41) is 0. The number of hydrogen-bond donors (Lipinski definition) is 0. The van der Waals surface area contributed by atoms with Gasteiger partial charge in [0, 0.05) is 0 Å². The third kappa shape index (κ3) is 5.45. The van der Waals surface area contributed by atoms with Crippen LogP contribution in [0, 0.1) is 0 Å². The highest BCUT2D eigenvalue weighted by molar-refractivity contribution is 5.47. The van der Waals surface area contributed by atoms with Gasteiger partial charge in [0.2, 0.25) is 0 Å². The van der Waals surface area contributed by atoms with Crippen LogP contribution in [0.4, 0.5) is 0 Å². The first-order valence-electron chi connectivity index (χ1n) is 4.13. The molecule has 0 aliphatic heterocycles. The number of benzene rings is 1. The minimum absolute atomic E-state index is 0. The maximum Gasteiger partial charge on any atom is 0.0958 e. The number of halogens is 1. The van der Waals surface area contributed by atoms with Crippen LogP contribution in [0.15, 0.2) is 36.5 Å². The average molecular weight is 198 g/mol. The van der Waals surface area contributed by atoms with Gasteiger partial charge in [-0.15, -0.1) is 0 Å². The van der Waals surface area contributed by atoms with Crippen LogP contribution in [0.3, 0.4) is 0 Å². The summed E-state index contributed by atoms with van der Waals surface area (Å²) >= 11 is 0. The van der Waals surface area contributed by atoms with Crippen LogP contribution in [0.25, 0.3) is 6.08 Å². The molecule has 0 spiro atoms. The van der Waals surface area contributed by atoms with Crippen LogP contribution in [-0.4, -0.2) is 25.6 Å². The Morgan fingerprint density at radius 1 is 1.00 bits per heavy atom.